The molecule has 1 saturated heterocycles. The molecule has 1 atom stereocenters. The van der Waals surface area contributed by atoms with E-state index in [1.54, 1.807) is 11.8 Å². The molecular formula is C22H39N3O4S. The molecule has 0 aromatic carbocycles. The van der Waals surface area contributed by atoms with E-state index >= 15 is 0 Å². The third kappa shape index (κ3) is 10.9. The topological polar surface area (TPSA) is 87.7 Å². The normalized spacial score (nSPS) is 16.1. The maximum absolute atomic E-state index is 12.2. The van der Waals surface area contributed by atoms with Gasteiger partial charge in [-0.3, -0.25) is 14.4 Å². The van der Waals surface area contributed by atoms with Crippen molar-refractivity contribution in [3.8, 4) is 0 Å². The molecular weight excluding hydrogens is 402 g/mol. The minimum atomic E-state index is -0.747. The zero-order valence-electron chi connectivity index (χ0n) is 18.7. The second-order valence-corrected chi connectivity index (χ2v) is 8.20. The Morgan fingerprint density at radius 2 is 1.67 bits per heavy atom. The summed E-state index contributed by atoms with van der Waals surface area (Å²) in [5.41, 5.74) is 0. The molecule has 2 amide bonds. The van der Waals surface area contributed by atoms with E-state index in [1.807, 2.05) is 0 Å². The number of esters is 1. The number of rotatable bonds is 14. The fraction of sp³-hybridized carbons (Fsp3) is 0.818. The van der Waals surface area contributed by atoms with Crippen molar-refractivity contribution in [2.45, 2.75) is 96.9 Å². The molecule has 0 aromatic heterocycles. The molecule has 2 N–H and O–H groups in total. The lowest BCUT2D eigenvalue weighted by Gasteiger charge is -2.36. The van der Waals surface area contributed by atoms with E-state index in [-0.39, 0.29) is 23.3 Å². The molecule has 0 spiro atoms. The van der Waals surface area contributed by atoms with Crippen molar-refractivity contribution >= 4 is 35.1 Å². The average molecular weight is 442 g/mol. The zero-order chi connectivity index (χ0) is 22.2. The van der Waals surface area contributed by atoms with E-state index in [2.05, 4.69) is 17.6 Å². The van der Waals surface area contributed by atoms with Crippen LogP contribution in [-0.4, -0.2) is 53.5 Å². The van der Waals surface area contributed by atoms with Crippen molar-refractivity contribution < 1.29 is 19.1 Å². The van der Waals surface area contributed by atoms with Gasteiger partial charge in [0.25, 0.3) is 0 Å². The number of thiocarbonyl (C=S) groups is 1. The molecule has 1 heterocycles. The van der Waals surface area contributed by atoms with Gasteiger partial charge in [-0.25, -0.2) is 0 Å². The first-order valence-electron chi connectivity index (χ1n) is 11.5. The fourth-order valence-electron chi connectivity index (χ4n) is 3.43. The summed E-state index contributed by atoms with van der Waals surface area (Å²) >= 11 is 5.25. The number of nitrogens with one attached hydrogen (secondary N) is 2. The van der Waals surface area contributed by atoms with Crippen LogP contribution in [0.15, 0.2) is 0 Å². The molecule has 0 aliphatic carbocycles. The Morgan fingerprint density at radius 1 is 1.07 bits per heavy atom. The second-order valence-electron chi connectivity index (χ2n) is 7.81. The van der Waals surface area contributed by atoms with E-state index in [9.17, 15) is 14.4 Å². The molecule has 0 aromatic rings. The van der Waals surface area contributed by atoms with Gasteiger partial charge in [-0.2, -0.15) is 0 Å². The summed E-state index contributed by atoms with van der Waals surface area (Å²) in [6.07, 6.45) is 12.4. The maximum Gasteiger partial charge on any atom is 0.308 e. The number of carbonyl (C=O) groups is 3. The van der Waals surface area contributed by atoms with Crippen LogP contribution in [0.5, 0.6) is 0 Å². The highest BCUT2D eigenvalue weighted by Gasteiger charge is 2.34. The van der Waals surface area contributed by atoms with Crippen LogP contribution in [0, 0.1) is 0 Å². The summed E-state index contributed by atoms with van der Waals surface area (Å²) in [6.45, 7) is 5.20. The van der Waals surface area contributed by atoms with Gasteiger partial charge >= 0.3 is 5.97 Å². The SMILES string of the molecule is CCCCCCCCCCCCOC(=O)CC1C(=O)NCCN1C(=S)NC(=O)CC. The van der Waals surface area contributed by atoms with Crippen LogP contribution in [0.25, 0.3) is 0 Å². The van der Waals surface area contributed by atoms with Crippen LogP contribution in [-0.2, 0) is 19.1 Å². The summed E-state index contributed by atoms with van der Waals surface area (Å²) in [5.74, 6) is -0.902. The number of amides is 2. The minimum Gasteiger partial charge on any atom is -0.466 e. The van der Waals surface area contributed by atoms with Crippen molar-refractivity contribution in [3.63, 3.8) is 0 Å². The lowest BCUT2D eigenvalue weighted by Crippen LogP contribution is -2.60. The first-order valence-corrected chi connectivity index (χ1v) is 11.9. The van der Waals surface area contributed by atoms with Crippen LogP contribution < -0.4 is 10.6 Å². The van der Waals surface area contributed by atoms with Gasteiger partial charge in [0, 0.05) is 19.5 Å². The largest absolute Gasteiger partial charge is 0.466 e. The average Bonchev–Trinajstić information content (AvgIpc) is 2.73. The number of ether oxygens (including phenoxy) is 1. The van der Waals surface area contributed by atoms with Gasteiger partial charge in [0.1, 0.15) is 6.04 Å². The number of unbranched alkanes of at least 4 members (excludes halogenated alkanes) is 9. The molecule has 0 bridgehead atoms. The van der Waals surface area contributed by atoms with Crippen LogP contribution in [0.2, 0.25) is 0 Å². The van der Waals surface area contributed by atoms with Gasteiger partial charge in [-0.05, 0) is 18.6 Å². The van der Waals surface area contributed by atoms with Gasteiger partial charge in [0.05, 0.1) is 13.0 Å². The van der Waals surface area contributed by atoms with Crippen LogP contribution in [0.4, 0.5) is 0 Å². The van der Waals surface area contributed by atoms with E-state index in [0.29, 0.717) is 26.1 Å². The zero-order valence-corrected chi connectivity index (χ0v) is 19.5. The molecule has 0 radical (unpaired) electrons. The van der Waals surface area contributed by atoms with Gasteiger partial charge in [-0.15, -0.1) is 0 Å². The van der Waals surface area contributed by atoms with Crippen LogP contribution in [0.3, 0.4) is 0 Å². The van der Waals surface area contributed by atoms with E-state index in [1.165, 1.54) is 44.9 Å². The lowest BCUT2D eigenvalue weighted by atomic mass is 10.1. The van der Waals surface area contributed by atoms with Crippen molar-refractivity contribution in [3.05, 3.63) is 0 Å². The van der Waals surface area contributed by atoms with Gasteiger partial charge in [0.15, 0.2) is 5.11 Å². The van der Waals surface area contributed by atoms with Crippen LogP contribution in [0.1, 0.15) is 90.9 Å². The van der Waals surface area contributed by atoms with E-state index in [4.69, 9.17) is 17.0 Å². The predicted molar refractivity (Wildman–Crippen MR) is 122 cm³/mol. The first-order chi connectivity index (χ1) is 14.5. The maximum atomic E-state index is 12.2. The molecule has 1 aliphatic rings. The number of hydrogen-bond acceptors (Lipinski definition) is 5. The van der Waals surface area contributed by atoms with Gasteiger partial charge in [0.2, 0.25) is 11.8 Å². The number of piperazine rings is 1. The Kier molecular flexibility index (Phi) is 14.1. The van der Waals surface area contributed by atoms with Crippen molar-refractivity contribution in [1.82, 2.24) is 15.5 Å². The summed E-state index contributed by atoms with van der Waals surface area (Å²) in [4.78, 5) is 37.6. The minimum absolute atomic E-state index is 0.0776. The highest BCUT2D eigenvalue weighted by molar-refractivity contribution is 7.80. The smallest absolute Gasteiger partial charge is 0.308 e. The fourth-order valence-corrected chi connectivity index (χ4v) is 3.76. The molecule has 1 unspecified atom stereocenters. The van der Waals surface area contributed by atoms with Gasteiger partial charge in [-0.1, -0.05) is 71.6 Å². The molecule has 1 fully saturated rings. The Balaban J connectivity index is 2.22. The summed E-state index contributed by atoms with van der Waals surface area (Å²) in [7, 11) is 0. The number of hydrogen-bond donors (Lipinski definition) is 2. The molecule has 172 valence electrons. The van der Waals surface area contributed by atoms with Crippen molar-refractivity contribution in [2.75, 3.05) is 19.7 Å². The Labute approximate surface area is 186 Å². The molecule has 7 nitrogen and oxygen atoms in total. The summed E-state index contributed by atoms with van der Waals surface area (Å²) in [6, 6.07) is -0.747. The summed E-state index contributed by atoms with van der Waals surface area (Å²) < 4.78 is 5.32. The standard InChI is InChI=1S/C22H39N3O4S/c1-3-5-6-7-8-9-10-11-12-13-16-29-20(27)17-18-21(28)23-14-15-25(18)22(30)24-19(26)4-2/h18H,3-17H2,1-2H3,(H,23,28)(H,24,26,30). The number of nitrogens with zero attached hydrogens (tertiary/aromatic N) is 1. The molecule has 1 aliphatic heterocycles. The quantitative estimate of drug-likeness (QED) is 0.244. The first kappa shape index (κ1) is 26.3. The molecule has 8 heteroatoms. The monoisotopic (exact) mass is 441 g/mol. The van der Waals surface area contributed by atoms with Crippen molar-refractivity contribution in [2.24, 2.45) is 0 Å². The van der Waals surface area contributed by atoms with E-state index in [0.717, 1.165) is 19.3 Å². The highest BCUT2D eigenvalue weighted by atomic mass is 32.1. The lowest BCUT2D eigenvalue weighted by molar-refractivity contribution is -0.147. The summed E-state index contributed by atoms with van der Waals surface area (Å²) in [5, 5.41) is 5.53. The van der Waals surface area contributed by atoms with Gasteiger partial charge < -0.3 is 20.3 Å². The third-order valence-corrected chi connectivity index (χ3v) is 5.62. The number of carbonyl (C=O) groups excluding carboxylic acids is 3. The Morgan fingerprint density at radius 3 is 2.27 bits per heavy atom. The van der Waals surface area contributed by atoms with E-state index < -0.39 is 12.0 Å². The molecule has 30 heavy (non-hydrogen) atoms. The van der Waals surface area contributed by atoms with Crippen LogP contribution >= 0.6 is 12.2 Å². The second kappa shape index (κ2) is 16.1. The Bertz CT molecular complexity index is 557. The predicted octanol–water partition coefficient (Wildman–Crippen LogP) is 3.45. The highest BCUT2D eigenvalue weighted by Crippen LogP contribution is 2.12. The molecule has 0 saturated carbocycles. The van der Waals surface area contributed by atoms with Crippen molar-refractivity contribution in [1.29, 1.82) is 0 Å². The Hall–Kier alpha value is -1.70. The molecule has 1 rings (SSSR count). The third-order valence-electron chi connectivity index (χ3n) is 5.28.